The van der Waals surface area contributed by atoms with Gasteiger partial charge < -0.3 is 8.83 Å². The quantitative estimate of drug-likeness (QED) is 0.599. The summed E-state index contributed by atoms with van der Waals surface area (Å²) in [6, 6.07) is 0. The number of hydrogen-bond acceptors (Lipinski definition) is 6. The minimum atomic E-state index is -0.604. The molecule has 0 aromatic carbocycles. The fourth-order valence-electron chi connectivity index (χ4n) is 1.08. The van der Waals surface area contributed by atoms with Gasteiger partial charge >= 0.3 is 0 Å². The van der Waals surface area contributed by atoms with Crippen LogP contribution in [-0.2, 0) is 0 Å². The molecule has 0 amide bonds. The van der Waals surface area contributed by atoms with E-state index in [-0.39, 0.29) is 11.1 Å². The molecule has 0 saturated carbocycles. The molecule has 0 aliphatic heterocycles. The summed E-state index contributed by atoms with van der Waals surface area (Å²) in [5.74, 6) is 0. The third kappa shape index (κ3) is 2.95. The second kappa shape index (κ2) is 5.88. The molecule has 0 spiro atoms. The van der Waals surface area contributed by atoms with E-state index in [9.17, 15) is 9.59 Å². The molecule has 2 aromatic rings. The maximum Gasteiger partial charge on any atom is 0.256 e. The second-order valence-corrected chi connectivity index (χ2v) is 5.91. The molecule has 2 heterocycles. The summed E-state index contributed by atoms with van der Waals surface area (Å²) >= 11 is 10.8. The third-order valence-corrected chi connectivity index (χ3v) is 4.71. The van der Waals surface area contributed by atoms with Gasteiger partial charge in [0.25, 0.3) is 10.5 Å². The van der Waals surface area contributed by atoms with Crippen LogP contribution in [0.1, 0.15) is 20.7 Å². The van der Waals surface area contributed by atoms with Crippen molar-refractivity contribution >= 4 is 55.3 Å². The summed E-state index contributed by atoms with van der Waals surface area (Å²) in [4.78, 5) is 23.2. The lowest BCUT2D eigenvalue weighted by molar-refractivity contribution is 0.107. The van der Waals surface area contributed by atoms with Crippen molar-refractivity contribution in [1.29, 1.82) is 0 Å². The van der Waals surface area contributed by atoms with E-state index in [4.69, 9.17) is 32.0 Å². The predicted octanol–water partition coefficient (Wildman–Crippen LogP) is 4.43. The molecule has 0 bridgehead atoms. The van der Waals surface area contributed by atoms with E-state index in [0.29, 0.717) is 9.79 Å². The van der Waals surface area contributed by atoms with Gasteiger partial charge in [0.05, 0.1) is 20.9 Å². The number of halogens is 2. The number of furan rings is 2. The van der Waals surface area contributed by atoms with E-state index in [2.05, 4.69) is 0 Å². The molecule has 4 nitrogen and oxygen atoms in total. The SMILES string of the molecule is O=C(Cl)c1cocc1SSc1cocc1C(=O)Cl. The highest BCUT2D eigenvalue weighted by atomic mass is 35.5. The normalized spacial score (nSPS) is 10.6. The second-order valence-electron chi connectivity index (χ2n) is 3.01. The molecule has 0 N–H and O–H groups in total. The largest absolute Gasteiger partial charge is 0.471 e. The van der Waals surface area contributed by atoms with Crippen LogP contribution in [-0.4, -0.2) is 10.5 Å². The Morgan fingerprint density at radius 1 is 0.833 bits per heavy atom. The highest BCUT2D eigenvalue weighted by Crippen LogP contribution is 2.41. The molecular weight excluding hydrogens is 319 g/mol. The van der Waals surface area contributed by atoms with Gasteiger partial charge in [0.15, 0.2) is 0 Å². The first-order chi connectivity index (χ1) is 8.59. The van der Waals surface area contributed by atoms with E-state index < -0.39 is 10.5 Å². The van der Waals surface area contributed by atoms with Crippen LogP contribution in [0.25, 0.3) is 0 Å². The lowest BCUT2D eigenvalue weighted by Crippen LogP contribution is -1.87. The Labute approximate surface area is 119 Å². The van der Waals surface area contributed by atoms with Crippen LogP contribution < -0.4 is 0 Å². The minimum Gasteiger partial charge on any atom is -0.471 e. The fourth-order valence-corrected chi connectivity index (χ4v) is 3.62. The number of carbonyl (C=O) groups excluding carboxylic acids is 2. The molecule has 0 saturated heterocycles. The summed E-state index contributed by atoms with van der Waals surface area (Å²) in [5, 5.41) is -1.21. The highest BCUT2D eigenvalue weighted by molar-refractivity contribution is 8.76. The number of rotatable bonds is 5. The van der Waals surface area contributed by atoms with Gasteiger partial charge in [0, 0.05) is 0 Å². The van der Waals surface area contributed by atoms with Crippen LogP contribution in [0.3, 0.4) is 0 Å². The molecule has 18 heavy (non-hydrogen) atoms. The Hall–Kier alpha value is -0.820. The van der Waals surface area contributed by atoms with Crippen molar-refractivity contribution in [3.63, 3.8) is 0 Å². The molecule has 2 rings (SSSR count). The average Bonchev–Trinajstić information content (AvgIpc) is 2.94. The molecule has 0 atom stereocenters. The van der Waals surface area contributed by atoms with Crippen molar-refractivity contribution in [2.75, 3.05) is 0 Å². The summed E-state index contributed by atoms with van der Waals surface area (Å²) in [6.45, 7) is 0. The Morgan fingerprint density at radius 3 is 1.56 bits per heavy atom. The number of carbonyl (C=O) groups is 2. The monoisotopic (exact) mass is 322 g/mol. The van der Waals surface area contributed by atoms with Crippen molar-refractivity contribution < 1.29 is 18.4 Å². The van der Waals surface area contributed by atoms with E-state index in [1.165, 1.54) is 46.6 Å². The highest BCUT2D eigenvalue weighted by Gasteiger charge is 2.16. The molecule has 0 aliphatic rings. The van der Waals surface area contributed by atoms with Gasteiger partial charge in [0.1, 0.15) is 25.1 Å². The molecule has 0 unspecified atom stereocenters. The summed E-state index contributed by atoms with van der Waals surface area (Å²) < 4.78 is 9.80. The summed E-state index contributed by atoms with van der Waals surface area (Å²) in [7, 11) is 2.44. The van der Waals surface area contributed by atoms with Gasteiger partial charge in [-0.15, -0.1) is 0 Å². The van der Waals surface area contributed by atoms with E-state index >= 15 is 0 Å². The molecular formula is C10H4Cl2O4S2. The Bertz CT molecular complexity index is 538. The molecule has 0 fully saturated rings. The lowest BCUT2D eigenvalue weighted by Gasteiger charge is -1.98. The number of hydrogen-bond donors (Lipinski definition) is 0. The van der Waals surface area contributed by atoms with Crippen molar-refractivity contribution in [2.24, 2.45) is 0 Å². The molecule has 8 heteroatoms. The van der Waals surface area contributed by atoms with Crippen LogP contribution in [0, 0.1) is 0 Å². The molecule has 0 aliphatic carbocycles. The van der Waals surface area contributed by atoms with Crippen molar-refractivity contribution in [3.05, 3.63) is 36.2 Å². The van der Waals surface area contributed by atoms with Gasteiger partial charge in [0.2, 0.25) is 0 Å². The van der Waals surface area contributed by atoms with Gasteiger partial charge in [-0.25, -0.2) is 0 Å². The van der Waals surface area contributed by atoms with Gasteiger partial charge in [-0.3, -0.25) is 9.59 Å². The van der Waals surface area contributed by atoms with Crippen LogP contribution in [0.5, 0.6) is 0 Å². The van der Waals surface area contributed by atoms with Crippen LogP contribution in [0.2, 0.25) is 0 Å². The van der Waals surface area contributed by atoms with E-state index in [0.717, 1.165) is 0 Å². The van der Waals surface area contributed by atoms with Gasteiger partial charge in [-0.1, -0.05) is 0 Å². The smallest absolute Gasteiger partial charge is 0.256 e. The topological polar surface area (TPSA) is 60.4 Å². The summed E-state index contributed by atoms with van der Waals surface area (Å²) in [6.07, 6.45) is 5.33. The molecule has 0 radical (unpaired) electrons. The molecule has 94 valence electrons. The zero-order chi connectivity index (χ0) is 13.1. The Balaban J connectivity index is 2.12. The third-order valence-electron chi connectivity index (χ3n) is 1.90. The standard InChI is InChI=1S/C10H4Cl2O4S2/c11-9(13)5-1-15-3-7(5)17-18-8-4-16-2-6(8)10(12)14/h1-4H. The van der Waals surface area contributed by atoms with Crippen LogP contribution >= 0.6 is 44.8 Å². The average molecular weight is 323 g/mol. The first kappa shape index (κ1) is 13.6. The van der Waals surface area contributed by atoms with E-state index in [1.807, 2.05) is 0 Å². The van der Waals surface area contributed by atoms with Crippen LogP contribution in [0.4, 0.5) is 0 Å². The zero-order valence-electron chi connectivity index (χ0n) is 8.51. The summed E-state index contributed by atoms with van der Waals surface area (Å²) in [5.41, 5.74) is 0.549. The van der Waals surface area contributed by atoms with Gasteiger partial charge in [-0.2, -0.15) is 0 Å². The lowest BCUT2D eigenvalue weighted by atomic mass is 10.4. The predicted molar refractivity (Wildman–Crippen MR) is 69.5 cm³/mol. The van der Waals surface area contributed by atoms with Crippen molar-refractivity contribution in [2.45, 2.75) is 9.79 Å². The van der Waals surface area contributed by atoms with E-state index in [1.54, 1.807) is 0 Å². The van der Waals surface area contributed by atoms with Crippen LogP contribution in [0.15, 0.2) is 43.7 Å². The maximum atomic E-state index is 11.1. The van der Waals surface area contributed by atoms with Gasteiger partial charge in [-0.05, 0) is 44.8 Å². The zero-order valence-corrected chi connectivity index (χ0v) is 11.7. The maximum absolute atomic E-state index is 11.1. The van der Waals surface area contributed by atoms with Crippen molar-refractivity contribution in [1.82, 2.24) is 0 Å². The Morgan fingerprint density at radius 2 is 1.22 bits per heavy atom. The fraction of sp³-hybridized carbons (Fsp3) is 0. The molecule has 2 aromatic heterocycles. The first-order valence-electron chi connectivity index (χ1n) is 4.46. The first-order valence-corrected chi connectivity index (χ1v) is 7.36. The Kier molecular flexibility index (Phi) is 4.45. The minimum absolute atomic E-state index is 0.274. The van der Waals surface area contributed by atoms with Crippen molar-refractivity contribution in [3.8, 4) is 0 Å².